The topological polar surface area (TPSA) is 38.8 Å². The zero-order valence-electron chi connectivity index (χ0n) is 14.8. The lowest BCUT2D eigenvalue weighted by molar-refractivity contribution is -0.145. The monoisotopic (exact) mass is 319 g/mol. The van der Waals surface area contributed by atoms with Crippen LogP contribution < -0.4 is 0 Å². The summed E-state index contributed by atoms with van der Waals surface area (Å²) in [5.74, 6) is 0.123. The summed E-state index contributed by atoms with van der Waals surface area (Å²) < 4.78 is 11.0. The number of hydrogen-bond donors (Lipinski definition) is 0. The number of aryl methyl sites for hydroxylation is 1. The van der Waals surface area contributed by atoms with Gasteiger partial charge in [-0.25, -0.2) is 0 Å². The fourth-order valence-electron chi connectivity index (χ4n) is 3.10. The number of carbonyl (C=O) groups excluding carboxylic acids is 1. The first-order chi connectivity index (χ1) is 10.9. The van der Waals surface area contributed by atoms with E-state index < -0.39 is 5.41 Å². The molecule has 0 aliphatic carbocycles. The van der Waals surface area contributed by atoms with Gasteiger partial charge in [0.15, 0.2) is 0 Å². The van der Waals surface area contributed by atoms with Gasteiger partial charge in [-0.15, -0.1) is 0 Å². The number of ether oxygens (including phenoxy) is 2. The minimum absolute atomic E-state index is 0.123. The van der Waals surface area contributed by atoms with Gasteiger partial charge in [0.2, 0.25) is 5.91 Å². The quantitative estimate of drug-likeness (QED) is 0.775. The van der Waals surface area contributed by atoms with E-state index in [-0.39, 0.29) is 12.0 Å². The Morgan fingerprint density at radius 1 is 1.39 bits per heavy atom. The summed E-state index contributed by atoms with van der Waals surface area (Å²) >= 11 is 0. The van der Waals surface area contributed by atoms with Gasteiger partial charge in [-0.3, -0.25) is 4.79 Å². The molecule has 128 valence electrons. The molecule has 4 heteroatoms. The number of carbonyl (C=O) groups is 1. The van der Waals surface area contributed by atoms with Gasteiger partial charge in [0.1, 0.15) is 0 Å². The SMILES string of the molecule is COCC(C)(C)C(=O)N(Cc1ccccc1C)C[C@H]1CCCO1. The Morgan fingerprint density at radius 2 is 2.13 bits per heavy atom. The average molecular weight is 319 g/mol. The molecular weight excluding hydrogens is 290 g/mol. The second-order valence-corrected chi connectivity index (χ2v) is 7.06. The number of hydrogen-bond acceptors (Lipinski definition) is 3. The average Bonchev–Trinajstić information content (AvgIpc) is 3.01. The Balaban J connectivity index is 2.17. The molecule has 0 unspecified atom stereocenters. The summed E-state index contributed by atoms with van der Waals surface area (Å²) in [5.41, 5.74) is 1.87. The Kier molecular flexibility index (Phi) is 6.19. The Bertz CT molecular complexity index is 521. The zero-order valence-corrected chi connectivity index (χ0v) is 14.8. The normalized spacial score (nSPS) is 18.2. The molecule has 1 aliphatic rings. The summed E-state index contributed by atoms with van der Waals surface area (Å²) in [4.78, 5) is 15.0. The van der Waals surface area contributed by atoms with Crippen LogP contribution in [0, 0.1) is 12.3 Å². The first-order valence-electron chi connectivity index (χ1n) is 8.38. The maximum absolute atomic E-state index is 13.0. The highest BCUT2D eigenvalue weighted by Gasteiger charge is 2.34. The molecule has 0 N–H and O–H groups in total. The van der Waals surface area contributed by atoms with Crippen molar-refractivity contribution in [2.75, 3.05) is 26.9 Å². The molecule has 0 radical (unpaired) electrons. The molecule has 0 saturated carbocycles. The molecular formula is C19H29NO3. The number of nitrogens with zero attached hydrogens (tertiary/aromatic N) is 1. The van der Waals surface area contributed by atoms with Gasteiger partial charge in [-0.2, -0.15) is 0 Å². The van der Waals surface area contributed by atoms with E-state index in [9.17, 15) is 4.79 Å². The van der Waals surface area contributed by atoms with Gasteiger partial charge >= 0.3 is 0 Å². The van der Waals surface area contributed by atoms with Crippen molar-refractivity contribution in [3.8, 4) is 0 Å². The lowest BCUT2D eigenvalue weighted by Gasteiger charge is -2.33. The Labute approximate surface area is 139 Å². The van der Waals surface area contributed by atoms with Gasteiger partial charge in [0, 0.05) is 26.8 Å². The van der Waals surface area contributed by atoms with Crippen LogP contribution in [0.4, 0.5) is 0 Å². The number of rotatable bonds is 7. The third-order valence-electron chi connectivity index (χ3n) is 4.44. The van der Waals surface area contributed by atoms with Crippen LogP contribution in [0.15, 0.2) is 24.3 Å². The molecule has 0 spiro atoms. The third kappa shape index (κ3) is 4.79. The van der Waals surface area contributed by atoms with Crippen LogP contribution in [0.5, 0.6) is 0 Å². The molecule has 23 heavy (non-hydrogen) atoms. The third-order valence-corrected chi connectivity index (χ3v) is 4.44. The van der Waals surface area contributed by atoms with Crippen LogP contribution in [-0.4, -0.2) is 43.8 Å². The van der Waals surface area contributed by atoms with Gasteiger partial charge in [-0.05, 0) is 44.7 Å². The molecule has 1 aromatic rings. The van der Waals surface area contributed by atoms with E-state index in [1.807, 2.05) is 30.9 Å². The van der Waals surface area contributed by atoms with E-state index in [4.69, 9.17) is 9.47 Å². The summed E-state index contributed by atoms with van der Waals surface area (Å²) in [6.07, 6.45) is 2.27. The van der Waals surface area contributed by atoms with Gasteiger partial charge in [0.05, 0.1) is 18.1 Å². The van der Waals surface area contributed by atoms with Crippen molar-refractivity contribution in [3.05, 3.63) is 35.4 Å². The minimum Gasteiger partial charge on any atom is -0.384 e. The highest BCUT2D eigenvalue weighted by Crippen LogP contribution is 2.24. The number of amides is 1. The Morgan fingerprint density at radius 3 is 2.74 bits per heavy atom. The van der Waals surface area contributed by atoms with Gasteiger partial charge in [0.25, 0.3) is 0 Å². The fraction of sp³-hybridized carbons (Fsp3) is 0.632. The number of methoxy groups -OCH3 is 1. The maximum atomic E-state index is 13.0. The lowest BCUT2D eigenvalue weighted by atomic mass is 9.92. The predicted molar refractivity (Wildman–Crippen MR) is 91.2 cm³/mol. The van der Waals surface area contributed by atoms with E-state index in [1.165, 1.54) is 11.1 Å². The highest BCUT2D eigenvalue weighted by atomic mass is 16.5. The van der Waals surface area contributed by atoms with Crippen molar-refractivity contribution in [2.24, 2.45) is 5.41 Å². The molecule has 1 saturated heterocycles. The second-order valence-electron chi connectivity index (χ2n) is 7.06. The second kappa shape index (κ2) is 7.93. The molecule has 0 bridgehead atoms. The predicted octanol–water partition coefficient (Wildman–Crippen LogP) is 3.18. The van der Waals surface area contributed by atoms with Crippen LogP contribution in [0.2, 0.25) is 0 Å². The van der Waals surface area contributed by atoms with Crippen LogP contribution in [0.1, 0.15) is 37.8 Å². The van der Waals surface area contributed by atoms with Crippen molar-refractivity contribution in [2.45, 2.75) is 46.3 Å². The smallest absolute Gasteiger partial charge is 0.230 e. The lowest BCUT2D eigenvalue weighted by Crippen LogP contribution is -2.45. The van der Waals surface area contributed by atoms with Crippen molar-refractivity contribution in [1.82, 2.24) is 4.90 Å². The van der Waals surface area contributed by atoms with Crippen LogP contribution >= 0.6 is 0 Å². The molecule has 2 rings (SSSR count). The highest BCUT2D eigenvalue weighted by molar-refractivity contribution is 5.82. The van der Waals surface area contributed by atoms with Crippen molar-refractivity contribution in [3.63, 3.8) is 0 Å². The largest absolute Gasteiger partial charge is 0.384 e. The summed E-state index contributed by atoms with van der Waals surface area (Å²) in [6, 6.07) is 8.23. The zero-order chi connectivity index (χ0) is 16.9. The van der Waals surface area contributed by atoms with Crippen molar-refractivity contribution < 1.29 is 14.3 Å². The summed E-state index contributed by atoms with van der Waals surface area (Å²) in [7, 11) is 1.64. The van der Waals surface area contributed by atoms with Crippen LogP contribution in [0.3, 0.4) is 0 Å². The van der Waals surface area contributed by atoms with E-state index in [2.05, 4.69) is 19.1 Å². The van der Waals surface area contributed by atoms with Gasteiger partial charge < -0.3 is 14.4 Å². The first-order valence-corrected chi connectivity index (χ1v) is 8.38. The van der Waals surface area contributed by atoms with Crippen LogP contribution in [0.25, 0.3) is 0 Å². The molecule has 4 nitrogen and oxygen atoms in total. The molecule has 1 fully saturated rings. The molecule has 1 heterocycles. The standard InChI is InChI=1S/C19H29NO3/c1-15-8-5-6-9-16(15)12-20(13-17-10-7-11-23-17)18(21)19(2,3)14-22-4/h5-6,8-9,17H,7,10-14H2,1-4H3/t17-/m1/s1. The van der Waals surface area contributed by atoms with E-state index >= 15 is 0 Å². The van der Waals surface area contributed by atoms with Gasteiger partial charge in [-0.1, -0.05) is 24.3 Å². The van der Waals surface area contributed by atoms with E-state index in [1.54, 1.807) is 7.11 Å². The minimum atomic E-state index is -0.532. The molecule has 1 aliphatic heterocycles. The van der Waals surface area contributed by atoms with Crippen molar-refractivity contribution >= 4 is 5.91 Å². The van der Waals surface area contributed by atoms with Crippen molar-refractivity contribution in [1.29, 1.82) is 0 Å². The fourth-order valence-corrected chi connectivity index (χ4v) is 3.10. The molecule has 1 amide bonds. The maximum Gasteiger partial charge on any atom is 0.230 e. The Hall–Kier alpha value is -1.39. The van der Waals surface area contributed by atoms with E-state index in [0.29, 0.717) is 19.7 Å². The molecule has 1 aromatic carbocycles. The van der Waals surface area contributed by atoms with Crippen LogP contribution in [-0.2, 0) is 20.8 Å². The molecule has 0 aromatic heterocycles. The summed E-state index contributed by atoms with van der Waals surface area (Å²) in [6.45, 7) is 8.47. The first kappa shape index (κ1) is 18.0. The number of benzene rings is 1. The molecule has 1 atom stereocenters. The van der Waals surface area contributed by atoms with E-state index in [0.717, 1.165) is 19.4 Å². The summed E-state index contributed by atoms with van der Waals surface area (Å²) in [5, 5.41) is 0.